The van der Waals surface area contributed by atoms with Crippen LogP contribution in [0.4, 0.5) is 39.5 Å². The summed E-state index contributed by atoms with van der Waals surface area (Å²) in [6, 6.07) is 4.70. The molecule has 0 spiro atoms. The zero-order valence-electron chi connectivity index (χ0n) is 19.4. The number of ether oxygens (including phenoxy) is 2. The largest absolute Gasteiger partial charge is 0.481 e. The number of nitrogens with one attached hydrogen (secondary N) is 1. The summed E-state index contributed by atoms with van der Waals surface area (Å²) in [7, 11) is 1.25. The third-order valence-electron chi connectivity index (χ3n) is 4.05. The molecule has 14 heteroatoms. The van der Waals surface area contributed by atoms with Crippen LogP contribution in [0.25, 0.3) is 0 Å². The lowest BCUT2D eigenvalue weighted by molar-refractivity contribution is -0.384. The molecule has 0 fully saturated rings. The van der Waals surface area contributed by atoms with Crippen molar-refractivity contribution in [3.8, 4) is 17.7 Å². The average molecular weight is 512 g/mol. The minimum atomic E-state index is -5.20. The lowest BCUT2D eigenvalue weighted by atomic mass is 10.1. The Balaban J connectivity index is 2.52. The van der Waals surface area contributed by atoms with E-state index in [0.717, 1.165) is 24.3 Å². The first-order chi connectivity index (χ1) is 16.6. The van der Waals surface area contributed by atoms with Crippen LogP contribution in [0.5, 0.6) is 5.88 Å². The van der Waals surface area contributed by atoms with Gasteiger partial charge in [0.25, 0.3) is 0 Å². The Morgan fingerprint density at radius 1 is 1.19 bits per heavy atom. The van der Waals surface area contributed by atoms with Gasteiger partial charge in [0.15, 0.2) is 0 Å². The van der Waals surface area contributed by atoms with Gasteiger partial charge in [0.1, 0.15) is 11.4 Å². The maximum atomic E-state index is 13.7. The minimum Gasteiger partial charge on any atom is -0.481 e. The van der Waals surface area contributed by atoms with E-state index in [1.165, 1.54) is 13.2 Å². The predicted octanol–water partition coefficient (Wildman–Crippen LogP) is 4.43. The molecule has 0 radical (unpaired) electrons. The molecule has 1 aromatic carbocycles. The zero-order valence-corrected chi connectivity index (χ0v) is 19.4. The fourth-order valence-corrected chi connectivity index (χ4v) is 2.56. The Morgan fingerprint density at radius 3 is 2.42 bits per heavy atom. The van der Waals surface area contributed by atoms with Gasteiger partial charge in [-0.25, -0.2) is 14.1 Å². The quantitative estimate of drug-likeness (QED) is 0.272. The van der Waals surface area contributed by atoms with E-state index in [2.05, 4.69) is 16.8 Å². The van der Waals surface area contributed by atoms with Gasteiger partial charge in [-0.05, 0) is 39.0 Å². The van der Waals surface area contributed by atoms with Crippen LogP contribution in [0.15, 0.2) is 30.3 Å². The fraction of sp³-hybridized carbons (Fsp3) is 0.318. The summed E-state index contributed by atoms with van der Waals surface area (Å²) in [5, 5.41) is 13.1. The fourth-order valence-electron chi connectivity index (χ4n) is 2.56. The monoisotopic (exact) mass is 512 g/mol. The molecule has 1 N–H and O–H groups in total. The predicted molar refractivity (Wildman–Crippen MR) is 119 cm³/mol. The molecule has 0 saturated carbocycles. The van der Waals surface area contributed by atoms with Gasteiger partial charge in [-0.3, -0.25) is 14.9 Å². The van der Waals surface area contributed by atoms with Crippen LogP contribution in [-0.4, -0.2) is 47.3 Å². The standard InChI is InChI=1S/C22H20F4N4O6/c1-21(2,3)36-20(32)29(18-16(30(33)34)9-10-17(28-18)35-4)11-5-6-13-12-14(23)7-8-15(13)27-19(31)22(24,25)26/h7-10,12H,11H2,1-4H3,(H,27,31). The van der Waals surface area contributed by atoms with E-state index in [0.29, 0.717) is 4.90 Å². The molecular formula is C22H20F4N4O6. The topological polar surface area (TPSA) is 124 Å². The first kappa shape index (κ1) is 27.8. The van der Waals surface area contributed by atoms with E-state index < -0.39 is 58.3 Å². The molecule has 1 aromatic heterocycles. The van der Waals surface area contributed by atoms with Gasteiger partial charge in [-0.1, -0.05) is 11.8 Å². The molecule has 192 valence electrons. The van der Waals surface area contributed by atoms with Crippen molar-refractivity contribution in [1.82, 2.24) is 4.98 Å². The van der Waals surface area contributed by atoms with Gasteiger partial charge in [-0.2, -0.15) is 18.2 Å². The number of amides is 2. The third-order valence-corrected chi connectivity index (χ3v) is 4.05. The molecule has 2 amide bonds. The van der Waals surface area contributed by atoms with Crippen molar-refractivity contribution in [1.29, 1.82) is 0 Å². The maximum Gasteiger partial charge on any atom is 0.471 e. The molecule has 0 unspecified atom stereocenters. The summed E-state index contributed by atoms with van der Waals surface area (Å²) in [4.78, 5) is 39.5. The summed E-state index contributed by atoms with van der Waals surface area (Å²) in [6.45, 7) is 4.03. The molecule has 2 rings (SSSR count). The van der Waals surface area contributed by atoms with Crippen LogP contribution in [0.3, 0.4) is 0 Å². The smallest absolute Gasteiger partial charge is 0.471 e. The number of anilines is 2. The number of rotatable bonds is 5. The van der Waals surface area contributed by atoms with Crippen LogP contribution in [-0.2, 0) is 9.53 Å². The molecule has 0 atom stereocenters. The highest BCUT2D eigenvalue weighted by molar-refractivity contribution is 5.96. The summed E-state index contributed by atoms with van der Waals surface area (Å²) < 4.78 is 61.8. The van der Waals surface area contributed by atoms with Crippen molar-refractivity contribution >= 4 is 29.2 Å². The van der Waals surface area contributed by atoms with Gasteiger partial charge in [0.05, 0.1) is 29.8 Å². The van der Waals surface area contributed by atoms with Crippen LogP contribution in [0.2, 0.25) is 0 Å². The second-order valence-electron chi connectivity index (χ2n) is 7.96. The first-order valence-electron chi connectivity index (χ1n) is 9.99. The number of carbonyl (C=O) groups excluding carboxylic acids is 2. The van der Waals surface area contributed by atoms with Gasteiger partial charge in [-0.15, -0.1) is 0 Å². The first-order valence-corrected chi connectivity index (χ1v) is 9.99. The SMILES string of the molecule is COc1ccc([N+](=O)[O-])c(N(CC#Cc2cc(F)ccc2NC(=O)C(F)(F)F)C(=O)OC(C)(C)C)n1. The number of alkyl halides is 3. The molecule has 36 heavy (non-hydrogen) atoms. The van der Waals surface area contributed by atoms with Crippen LogP contribution >= 0.6 is 0 Å². The van der Waals surface area contributed by atoms with Gasteiger partial charge in [0, 0.05) is 12.1 Å². The highest BCUT2D eigenvalue weighted by Crippen LogP contribution is 2.30. The summed E-state index contributed by atoms with van der Waals surface area (Å²) in [5.74, 6) is 1.06. The lowest BCUT2D eigenvalue weighted by Crippen LogP contribution is -2.38. The van der Waals surface area contributed by atoms with E-state index in [1.807, 2.05) is 0 Å². The highest BCUT2D eigenvalue weighted by atomic mass is 19.4. The average Bonchev–Trinajstić information content (AvgIpc) is 2.75. The van der Waals surface area contributed by atoms with E-state index in [-0.39, 0.29) is 11.4 Å². The molecule has 10 nitrogen and oxygen atoms in total. The molecule has 0 aliphatic carbocycles. The number of methoxy groups -OCH3 is 1. The van der Waals surface area contributed by atoms with Gasteiger partial charge < -0.3 is 14.8 Å². The molecule has 0 aliphatic rings. The summed E-state index contributed by atoms with van der Waals surface area (Å²) in [6.07, 6.45) is -6.28. The van der Waals surface area contributed by atoms with E-state index in [9.17, 15) is 37.3 Å². The number of aromatic nitrogens is 1. The molecule has 2 aromatic rings. The lowest BCUT2D eigenvalue weighted by Gasteiger charge is -2.25. The van der Waals surface area contributed by atoms with Crippen molar-refractivity contribution in [2.24, 2.45) is 0 Å². The number of nitrogens with zero attached hydrogens (tertiary/aromatic N) is 3. The molecule has 0 bridgehead atoms. The van der Waals surface area contributed by atoms with Crippen molar-refractivity contribution in [3.05, 3.63) is 51.8 Å². The second-order valence-corrected chi connectivity index (χ2v) is 7.96. The zero-order chi connectivity index (χ0) is 27.3. The number of nitro groups is 1. The van der Waals surface area contributed by atoms with E-state index >= 15 is 0 Å². The Bertz CT molecular complexity index is 1230. The normalized spacial score (nSPS) is 11.1. The highest BCUT2D eigenvalue weighted by Gasteiger charge is 2.39. The van der Waals surface area contributed by atoms with Crippen LogP contribution < -0.4 is 15.0 Å². The third kappa shape index (κ3) is 7.55. The van der Waals surface area contributed by atoms with Gasteiger partial charge >= 0.3 is 23.9 Å². The van der Waals surface area contributed by atoms with E-state index in [1.54, 1.807) is 26.1 Å². The van der Waals surface area contributed by atoms with Crippen molar-refractivity contribution in [2.75, 3.05) is 23.9 Å². The Hall–Kier alpha value is -4.41. The second kappa shape index (κ2) is 10.9. The van der Waals surface area contributed by atoms with Crippen molar-refractivity contribution < 1.29 is 41.5 Å². The van der Waals surface area contributed by atoms with Crippen molar-refractivity contribution in [3.63, 3.8) is 0 Å². The number of hydrogen-bond donors (Lipinski definition) is 1. The Morgan fingerprint density at radius 2 is 1.86 bits per heavy atom. The molecular weight excluding hydrogens is 492 g/mol. The molecule has 1 heterocycles. The van der Waals surface area contributed by atoms with Crippen LogP contribution in [0.1, 0.15) is 26.3 Å². The van der Waals surface area contributed by atoms with Crippen molar-refractivity contribution in [2.45, 2.75) is 32.5 Å². The number of halogens is 4. The maximum absolute atomic E-state index is 13.7. The summed E-state index contributed by atoms with van der Waals surface area (Å²) >= 11 is 0. The Kier molecular flexibility index (Phi) is 8.42. The van der Waals surface area contributed by atoms with Gasteiger partial charge in [0.2, 0.25) is 11.7 Å². The number of pyridine rings is 1. The Labute approximate surface area is 202 Å². The number of benzene rings is 1. The van der Waals surface area contributed by atoms with E-state index in [4.69, 9.17) is 9.47 Å². The molecule has 0 aliphatic heterocycles. The van der Waals surface area contributed by atoms with Crippen LogP contribution in [0, 0.1) is 27.8 Å². The summed E-state index contributed by atoms with van der Waals surface area (Å²) in [5.41, 5.74) is -2.40. The minimum absolute atomic E-state index is 0.0700. The number of hydrogen-bond acceptors (Lipinski definition) is 7. The molecule has 0 saturated heterocycles. The number of carbonyl (C=O) groups is 2.